The summed E-state index contributed by atoms with van der Waals surface area (Å²) in [4.78, 5) is 16.6. The molecular formula is C19H22N2O4. The molecule has 1 aliphatic rings. The summed E-state index contributed by atoms with van der Waals surface area (Å²) in [5.74, 6) is 1.16. The number of pyridine rings is 1. The number of carbonyl (C=O) groups is 1. The van der Waals surface area contributed by atoms with Crippen molar-refractivity contribution in [3.8, 4) is 22.6 Å². The van der Waals surface area contributed by atoms with Gasteiger partial charge in [0, 0.05) is 31.1 Å². The minimum atomic E-state index is -0.168. The summed E-state index contributed by atoms with van der Waals surface area (Å²) in [5, 5.41) is 2.91. The summed E-state index contributed by atoms with van der Waals surface area (Å²) in [6.07, 6.45) is 5.38. The smallest absolute Gasteiger partial charge is 0.252 e. The van der Waals surface area contributed by atoms with Gasteiger partial charge in [-0.15, -0.1) is 0 Å². The zero-order valence-electron chi connectivity index (χ0n) is 14.5. The molecule has 6 nitrogen and oxygen atoms in total. The molecule has 3 rings (SSSR count). The number of hydrogen-bond acceptors (Lipinski definition) is 5. The summed E-state index contributed by atoms with van der Waals surface area (Å²) in [6, 6.07) is 7.34. The first kappa shape index (κ1) is 17.2. The van der Waals surface area contributed by atoms with E-state index in [1.165, 1.54) is 0 Å². The lowest BCUT2D eigenvalue weighted by atomic mass is 10.0. The van der Waals surface area contributed by atoms with Crippen molar-refractivity contribution in [2.24, 2.45) is 0 Å². The van der Waals surface area contributed by atoms with Gasteiger partial charge in [-0.3, -0.25) is 9.78 Å². The molecule has 0 saturated carbocycles. The molecular weight excluding hydrogens is 320 g/mol. The van der Waals surface area contributed by atoms with Crippen LogP contribution in [0.1, 0.15) is 23.2 Å². The number of carbonyl (C=O) groups excluding carboxylic acids is 1. The van der Waals surface area contributed by atoms with Crippen LogP contribution in [0.15, 0.2) is 36.7 Å². The lowest BCUT2D eigenvalue weighted by Gasteiger charge is -2.14. The van der Waals surface area contributed by atoms with Crippen molar-refractivity contribution in [3.63, 3.8) is 0 Å². The molecule has 1 aliphatic heterocycles. The predicted octanol–water partition coefficient (Wildman–Crippen LogP) is 2.67. The number of amides is 1. The first-order valence-electron chi connectivity index (χ1n) is 8.29. The molecule has 1 aromatic carbocycles. The van der Waals surface area contributed by atoms with Crippen LogP contribution in [0.5, 0.6) is 11.5 Å². The second-order valence-corrected chi connectivity index (χ2v) is 5.84. The number of nitrogens with zero attached hydrogens (tertiary/aromatic N) is 1. The molecule has 1 N–H and O–H groups in total. The molecule has 2 heterocycles. The number of hydrogen-bond donors (Lipinski definition) is 1. The number of methoxy groups -OCH3 is 2. The maximum atomic E-state index is 12.4. The van der Waals surface area contributed by atoms with Crippen molar-refractivity contribution in [1.82, 2.24) is 10.3 Å². The fourth-order valence-electron chi connectivity index (χ4n) is 2.95. The molecule has 0 aliphatic carbocycles. The molecule has 6 heteroatoms. The van der Waals surface area contributed by atoms with E-state index in [0.717, 1.165) is 30.6 Å². The Kier molecular flexibility index (Phi) is 5.50. The Hall–Kier alpha value is -2.60. The summed E-state index contributed by atoms with van der Waals surface area (Å²) in [5.41, 5.74) is 2.02. The van der Waals surface area contributed by atoms with Crippen LogP contribution in [-0.2, 0) is 4.74 Å². The average molecular weight is 342 g/mol. The van der Waals surface area contributed by atoms with Gasteiger partial charge >= 0.3 is 0 Å². The molecule has 1 aromatic heterocycles. The van der Waals surface area contributed by atoms with Crippen LogP contribution in [0, 0.1) is 0 Å². The SMILES string of the molecule is COc1cccc(OC)c1-c1cncc(C(=O)NCC2CCCO2)c1. The standard InChI is InChI=1S/C19H22N2O4/c1-23-16-6-3-7-17(24-2)18(16)13-9-14(11-20-10-13)19(22)21-12-15-5-4-8-25-15/h3,6-7,9-11,15H,4-5,8,12H2,1-2H3,(H,21,22). The molecule has 0 bridgehead atoms. The molecule has 1 fully saturated rings. The molecule has 25 heavy (non-hydrogen) atoms. The van der Waals surface area contributed by atoms with E-state index < -0.39 is 0 Å². The molecule has 1 atom stereocenters. The van der Waals surface area contributed by atoms with Crippen LogP contribution in [0.25, 0.3) is 11.1 Å². The Labute approximate surface area is 147 Å². The van der Waals surface area contributed by atoms with Crippen LogP contribution < -0.4 is 14.8 Å². The lowest BCUT2D eigenvalue weighted by Crippen LogP contribution is -2.31. The number of nitrogens with one attached hydrogen (secondary N) is 1. The minimum absolute atomic E-state index is 0.106. The fraction of sp³-hybridized carbons (Fsp3) is 0.368. The largest absolute Gasteiger partial charge is 0.496 e. The van der Waals surface area contributed by atoms with E-state index in [1.54, 1.807) is 32.7 Å². The van der Waals surface area contributed by atoms with E-state index in [2.05, 4.69) is 10.3 Å². The zero-order chi connectivity index (χ0) is 17.6. The molecule has 1 amide bonds. The van der Waals surface area contributed by atoms with Crippen molar-refractivity contribution in [2.45, 2.75) is 18.9 Å². The Morgan fingerprint density at radius 3 is 2.68 bits per heavy atom. The summed E-state index contributed by atoms with van der Waals surface area (Å²) in [7, 11) is 3.20. The lowest BCUT2D eigenvalue weighted by molar-refractivity contribution is 0.0857. The van der Waals surface area contributed by atoms with Crippen LogP contribution in [-0.4, -0.2) is 44.4 Å². The zero-order valence-corrected chi connectivity index (χ0v) is 14.5. The van der Waals surface area contributed by atoms with Gasteiger partial charge in [-0.05, 0) is 31.0 Å². The number of aromatic nitrogens is 1. The highest BCUT2D eigenvalue weighted by Gasteiger charge is 2.18. The van der Waals surface area contributed by atoms with E-state index in [1.807, 2.05) is 18.2 Å². The highest BCUT2D eigenvalue weighted by Crippen LogP contribution is 2.38. The molecule has 1 saturated heterocycles. The normalized spacial score (nSPS) is 16.5. The third-order valence-corrected chi connectivity index (χ3v) is 4.23. The first-order chi connectivity index (χ1) is 12.2. The van der Waals surface area contributed by atoms with E-state index in [0.29, 0.717) is 23.6 Å². The summed E-state index contributed by atoms with van der Waals surface area (Å²) in [6.45, 7) is 1.28. The van der Waals surface area contributed by atoms with Gasteiger partial charge < -0.3 is 19.5 Å². The maximum Gasteiger partial charge on any atom is 0.252 e. The molecule has 1 unspecified atom stereocenters. The highest BCUT2D eigenvalue weighted by molar-refractivity contribution is 5.95. The first-order valence-corrected chi connectivity index (χ1v) is 8.29. The average Bonchev–Trinajstić information content (AvgIpc) is 3.19. The van der Waals surface area contributed by atoms with Crippen molar-refractivity contribution < 1.29 is 19.0 Å². The third-order valence-electron chi connectivity index (χ3n) is 4.23. The second-order valence-electron chi connectivity index (χ2n) is 5.84. The number of benzene rings is 1. The van der Waals surface area contributed by atoms with Crippen molar-refractivity contribution in [1.29, 1.82) is 0 Å². The molecule has 2 aromatic rings. The van der Waals surface area contributed by atoms with Gasteiger partial charge in [-0.1, -0.05) is 6.07 Å². The predicted molar refractivity (Wildman–Crippen MR) is 94.1 cm³/mol. The van der Waals surface area contributed by atoms with Crippen molar-refractivity contribution >= 4 is 5.91 Å². The third kappa shape index (κ3) is 3.91. The number of rotatable bonds is 6. The second kappa shape index (κ2) is 7.98. The molecule has 0 spiro atoms. The molecule has 0 radical (unpaired) electrons. The Balaban J connectivity index is 1.83. The highest BCUT2D eigenvalue weighted by atomic mass is 16.5. The minimum Gasteiger partial charge on any atom is -0.496 e. The summed E-state index contributed by atoms with van der Waals surface area (Å²) < 4.78 is 16.4. The van der Waals surface area contributed by atoms with Gasteiger partial charge in [0.05, 0.1) is 31.5 Å². The van der Waals surface area contributed by atoms with Crippen molar-refractivity contribution in [2.75, 3.05) is 27.4 Å². The monoisotopic (exact) mass is 342 g/mol. The van der Waals surface area contributed by atoms with Crippen molar-refractivity contribution in [3.05, 3.63) is 42.2 Å². The Morgan fingerprint density at radius 2 is 2.04 bits per heavy atom. The van der Waals surface area contributed by atoms with E-state index in [9.17, 15) is 4.79 Å². The van der Waals surface area contributed by atoms with E-state index in [-0.39, 0.29) is 12.0 Å². The summed E-state index contributed by atoms with van der Waals surface area (Å²) >= 11 is 0. The Bertz CT molecular complexity index is 720. The van der Waals surface area contributed by atoms with E-state index >= 15 is 0 Å². The van der Waals surface area contributed by atoms with Crippen LogP contribution in [0.2, 0.25) is 0 Å². The Morgan fingerprint density at radius 1 is 1.28 bits per heavy atom. The maximum absolute atomic E-state index is 12.4. The van der Waals surface area contributed by atoms with Gasteiger partial charge in [0.1, 0.15) is 11.5 Å². The fourth-order valence-corrected chi connectivity index (χ4v) is 2.95. The van der Waals surface area contributed by atoms with Crippen LogP contribution >= 0.6 is 0 Å². The van der Waals surface area contributed by atoms with Gasteiger partial charge in [0.25, 0.3) is 5.91 Å². The van der Waals surface area contributed by atoms with Crippen LogP contribution in [0.4, 0.5) is 0 Å². The van der Waals surface area contributed by atoms with Gasteiger partial charge in [-0.25, -0.2) is 0 Å². The van der Waals surface area contributed by atoms with E-state index in [4.69, 9.17) is 14.2 Å². The van der Waals surface area contributed by atoms with Crippen LogP contribution in [0.3, 0.4) is 0 Å². The van der Waals surface area contributed by atoms with Gasteiger partial charge in [0.15, 0.2) is 0 Å². The van der Waals surface area contributed by atoms with Gasteiger partial charge in [0.2, 0.25) is 0 Å². The number of ether oxygens (including phenoxy) is 3. The topological polar surface area (TPSA) is 69.7 Å². The van der Waals surface area contributed by atoms with Gasteiger partial charge in [-0.2, -0.15) is 0 Å². The quantitative estimate of drug-likeness (QED) is 0.874. The molecule has 132 valence electrons.